The molecule has 0 atom stereocenters. The third kappa shape index (κ3) is 3.76. The number of hydrogen-bond acceptors (Lipinski definition) is 5. The average molecular weight is 301 g/mol. The number of rotatable bonds is 5. The van der Waals surface area contributed by atoms with Crippen LogP contribution in [0.2, 0.25) is 4.34 Å². The number of carboxylic acids is 1. The van der Waals surface area contributed by atoms with Crippen LogP contribution in [0.4, 0.5) is 0 Å². The van der Waals surface area contributed by atoms with Gasteiger partial charge in [0.15, 0.2) is 0 Å². The topological polar surface area (TPSA) is 97.1 Å². The minimum Gasteiger partial charge on any atom is -0.480 e. The van der Waals surface area contributed by atoms with Crippen molar-refractivity contribution in [1.29, 1.82) is 0 Å². The molecular formula is C10H9ClN4O3S. The molecule has 1 amide bonds. The molecule has 0 saturated heterocycles. The second-order valence-electron chi connectivity index (χ2n) is 3.59. The number of hydrogen-bond donors (Lipinski definition) is 2. The van der Waals surface area contributed by atoms with E-state index in [0.29, 0.717) is 14.9 Å². The maximum atomic E-state index is 11.7. The lowest BCUT2D eigenvalue weighted by Crippen LogP contribution is -2.21. The summed E-state index contributed by atoms with van der Waals surface area (Å²) in [7, 11) is 0. The van der Waals surface area contributed by atoms with Crippen LogP contribution in [0.25, 0.3) is 0 Å². The van der Waals surface area contributed by atoms with Crippen LogP contribution >= 0.6 is 22.9 Å². The van der Waals surface area contributed by atoms with Crippen LogP contribution in [0, 0.1) is 0 Å². The first-order chi connectivity index (χ1) is 9.04. The lowest BCUT2D eigenvalue weighted by molar-refractivity contribution is -0.137. The molecule has 2 N–H and O–H groups in total. The second kappa shape index (κ2) is 5.81. The van der Waals surface area contributed by atoms with Crippen LogP contribution in [0.5, 0.6) is 0 Å². The Bertz CT molecular complexity index is 609. The molecule has 2 heterocycles. The summed E-state index contributed by atoms with van der Waals surface area (Å²) >= 11 is 6.91. The Morgan fingerprint density at radius 3 is 2.89 bits per heavy atom. The Hall–Kier alpha value is -1.93. The van der Waals surface area contributed by atoms with E-state index < -0.39 is 5.97 Å². The van der Waals surface area contributed by atoms with E-state index >= 15 is 0 Å². The van der Waals surface area contributed by atoms with Gasteiger partial charge in [0.05, 0.1) is 22.0 Å². The molecule has 0 saturated carbocycles. The second-order valence-corrected chi connectivity index (χ2v) is 5.30. The summed E-state index contributed by atoms with van der Waals surface area (Å²) in [5.41, 5.74) is 0.484. The summed E-state index contributed by atoms with van der Waals surface area (Å²) in [5.74, 6) is -1.27. The van der Waals surface area contributed by atoms with E-state index in [1.807, 2.05) is 0 Å². The van der Waals surface area contributed by atoms with Crippen molar-refractivity contribution < 1.29 is 14.7 Å². The van der Waals surface area contributed by atoms with Gasteiger partial charge < -0.3 is 10.4 Å². The van der Waals surface area contributed by atoms with Crippen molar-refractivity contribution >= 4 is 34.8 Å². The van der Waals surface area contributed by atoms with E-state index in [4.69, 9.17) is 16.7 Å². The van der Waals surface area contributed by atoms with Gasteiger partial charge in [0.25, 0.3) is 5.91 Å². The first-order valence-corrected chi connectivity index (χ1v) is 6.38. The fraction of sp³-hybridized carbons (Fsp3) is 0.200. The Kier molecular flexibility index (Phi) is 4.13. The molecule has 0 aromatic carbocycles. The van der Waals surface area contributed by atoms with Gasteiger partial charge in [0.2, 0.25) is 0 Å². The highest BCUT2D eigenvalue weighted by Gasteiger charge is 2.10. The van der Waals surface area contributed by atoms with Crippen LogP contribution in [0.3, 0.4) is 0 Å². The highest BCUT2D eigenvalue weighted by molar-refractivity contribution is 7.17. The van der Waals surface area contributed by atoms with E-state index in [9.17, 15) is 9.59 Å². The standard InChI is InChI=1S/C10H9ClN4O3S/c11-8-2-1-7(19-8)10(18)12-3-6-4-15(14-13-6)5-9(16)17/h1-2,4H,3,5H2,(H,12,18)(H,16,17). The number of thiophene rings is 1. The normalized spacial score (nSPS) is 10.4. The first-order valence-electron chi connectivity index (χ1n) is 5.19. The smallest absolute Gasteiger partial charge is 0.325 e. The summed E-state index contributed by atoms with van der Waals surface area (Å²) in [5, 5.41) is 18.6. The van der Waals surface area contributed by atoms with Crippen LogP contribution < -0.4 is 5.32 Å². The minimum absolute atomic E-state index is 0.175. The molecule has 0 bridgehead atoms. The molecule has 2 aromatic heterocycles. The number of nitrogens with zero attached hydrogens (tertiary/aromatic N) is 3. The van der Waals surface area contributed by atoms with E-state index in [1.54, 1.807) is 12.1 Å². The largest absolute Gasteiger partial charge is 0.480 e. The van der Waals surface area contributed by atoms with E-state index in [0.717, 1.165) is 0 Å². The molecule has 0 radical (unpaired) electrons. The Morgan fingerprint density at radius 2 is 2.26 bits per heavy atom. The van der Waals surface area contributed by atoms with Gasteiger partial charge in [-0.25, -0.2) is 4.68 Å². The van der Waals surface area contributed by atoms with E-state index in [1.165, 1.54) is 22.2 Å². The van der Waals surface area contributed by atoms with Gasteiger partial charge >= 0.3 is 5.97 Å². The molecule has 2 rings (SSSR count). The molecule has 0 aliphatic rings. The maximum absolute atomic E-state index is 11.7. The maximum Gasteiger partial charge on any atom is 0.325 e. The van der Waals surface area contributed by atoms with Gasteiger partial charge in [0, 0.05) is 0 Å². The molecule has 100 valence electrons. The first kappa shape index (κ1) is 13.5. The molecule has 7 nitrogen and oxygen atoms in total. The van der Waals surface area contributed by atoms with E-state index in [-0.39, 0.29) is 19.0 Å². The van der Waals surface area contributed by atoms with Gasteiger partial charge in [-0.05, 0) is 12.1 Å². The van der Waals surface area contributed by atoms with Crippen molar-refractivity contribution in [3.8, 4) is 0 Å². The monoisotopic (exact) mass is 300 g/mol. The number of carbonyl (C=O) groups excluding carboxylic acids is 1. The number of aromatic nitrogens is 3. The Labute approximate surface area is 116 Å². The summed E-state index contributed by atoms with van der Waals surface area (Å²) in [6.07, 6.45) is 1.47. The molecule has 0 aliphatic carbocycles. The number of aliphatic carboxylic acids is 1. The predicted octanol–water partition coefficient (Wildman–Crippen LogP) is 1.01. The third-order valence-electron chi connectivity index (χ3n) is 2.11. The van der Waals surface area contributed by atoms with Crippen molar-refractivity contribution in [1.82, 2.24) is 20.3 Å². The zero-order valence-corrected chi connectivity index (χ0v) is 11.1. The molecular weight excluding hydrogens is 292 g/mol. The molecule has 0 aliphatic heterocycles. The minimum atomic E-state index is -1.01. The third-order valence-corrected chi connectivity index (χ3v) is 3.34. The van der Waals surface area contributed by atoms with Crippen LogP contribution in [-0.4, -0.2) is 32.0 Å². The molecule has 0 unspecified atom stereocenters. The molecule has 0 spiro atoms. The fourth-order valence-corrected chi connectivity index (χ4v) is 2.29. The SMILES string of the molecule is O=C(O)Cn1cc(CNC(=O)c2ccc(Cl)s2)nn1. The Morgan fingerprint density at radius 1 is 1.47 bits per heavy atom. The molecule has 19 heavy (non-hydrogen) atoms. The number of carboxylic acid groups (broad SMARTS) is 1. The Balaban J connectivity index is 1.90. The van der Waals surface area contributed by atoms with Gasteiger partial charge in [-0.3, -0.25) is 9.59 Å². The van der Waals surface area contributed by atoms with Gasteiger partial charge in [-0.15, -0.1) is 16.4 Å². The number of nitrogens with one attached hydrogen (secondary N) is 1. The number of halogens is 1. The lowest BCUT2D eigenvalue weighted by atomic mass is 10.4. The van der Waals surface area contributed by atoms with Crippen molar-refractivity contribution in [2.24, 2.45) is 0 Å². The molecule has 9 heteroatoms. The zero-order chi connectivity index (χ0) is 13.8. The van der Waals surface area contributed by atoms with Crippen molar-refractivity contribution in [3.05, 3.63) is 33.2 Å². The molecule has 0 fully saturated rings. The summed E-state index contributed by atoms with van der Waals surface area (Å²) in [6.45, 7) is -0.0878. The summed E-state index contributed by atoms with van der Waals surface area (Å²) < 4.78 is 1.73. The zero-order valence-electron chi connectivity index (χ0n) is 9.54. The average Bonchev–Trinajstić information content (AvgIpc) is 2.94. The fourth-order valence-electron chi connectivity index (χ4n) is 1.33. The summed E-state index contributed by atoms with van der Waals surface area (Å²) in [4.78, 5) is 22.7. The number of carbonyl (C=O) groups is 2. The van der Waals surface area contributed by atoms with E-state index in [2.05, 4.69) is 15.6 Å². The van der Waals surface area contributed by atoms with Crippen molar-refractivity contribution in [3.63, 3.8) is 0 Å². The van der Waals surface area contributed by atoms with Crippen LogP contribution in [0.1, 0.15) is 15.4 Å². The predicted molar refractivity (Wildman–Crippen MR) is 68.2 cm³/mol. The van der Waals surface area contributed by atoms with Gasteiger partial charge in [-0.2, -0.15) is 0 Å². The van der Waals surface area contributed by atoms with Gasteiger partial charge in [0.1, 0.15) is 12.2 Å². The van der Waals surface area contributed by atoms with Crippen molar-refractivity contribution in [2.45, 2.75) is 13.1 Å². The van der Waals surface area contributed by atoms with Gasteiger partial charge in [-0.1, -0.05) is 16.8 Å². The summed E-state index contributed by atoms with van der Waals surface area (Å²) in [6, 6.07) is 3.27. The lowest BCUT2D eigenvalue weighted by Gasteiger charge is -1.99. The van der Waals surface area contributed by atoms with Crippen LogP contribution in [0.15, 0.2) is 18.3 Å². The van der Waals surface area contributed by atoms with Crippen LogP contribution in [-0.2, 0) is 17.9 Å². The highest BCUT2D eigenvalue weighted by atomic mass is 35.5. The highest BCUT2D eigenvalue weighted by Crippen LogP contribution is 2.21. The molecule has 2 aromatic rings. The van der Waals surface area contributed by atoms with Crippen molar-refractivity contribution in [2.75, 3.05) is 0 Å². The number of amides is 1. The quantitative estimate of drug-likeness (QED) is 0.859.